The van der Waals surface area contributed by atoms with Crippen LogP contribution < -0.4 is 19.1 Å². The van der Waals surface area contributed by atoms with Crippen molar-refractivity contribution in [3.8, 4) is 17.2 Å². The molecule has 1 aliphatic rings. The zero-order chi connectivity index (χ0) is 29.1. The first-order valence-corrected chi connectivity index (χ1v) is 14.3. The molecule has 5 rings (SSSR count). The van der Waals surface area contributed by atoms with Crippen LogP contribution in [0.2, 0.25) is 0 Å². The molecule has 0 radical (unpaired) electrons. The Morgan fingerprint density at radius 2 is 1.76 bits per heavy atom. The highest BCUT2D eigenvalue weighted by Gasteiger charge is 2.48. The molecule has 1 amide bonds. The van der Waals surface area contributed by atoms with Gasteiger partial charge >= 0.3 is 5.91 Å². The molecule has 3 aromatic carbocycles. The number of aryl methyl sites for hydroxylation is 1. The highest BCUT2D eigenvalue weighted by Crippen LogP contribution is 2.46. The zero-order valence-electron chi connectivity index (χ0n) is 23.5. The monoisotopic (exact) mass is 572 g/mol. The van der Waals surface area contributed by atoms with Gasteiger partial charge in [0.25, 0.3) is 5.78 Å². The maximum absolute atomic E-state index is 13.6. The fourth-order valence-electron chi connectivity index (χ4n) is 4.84. The fourth-order valence-corrected chi connectivity index (χ4v) is 5.86. The van der Waals surface area contributed by atoms with Gasteiger partial charge in [-0.05, 0) is 49.2 Å². The van der Waals surface area contributed by atoms with Gasteiger partial charge in [-0.15, -0.1) is 0 Å². The number of methoxy groups -OCH3 is 2. The minimum Gasteiger partial charge on any atom is -0.507 e. The van der Waals surface area contributed by atoms with Crippen LogP contribution in [0.1, 0.15) is 48.9 Å². The van der Waals surface area contributed by atoms with E-state index in [0.717, 1.165) is 29.5 Å². The van der Waals surface area contributed by atoms with Crippen LogP contribution in [0.4, 0.5) is 5.13 Å². The van der Waals surface area contributed by atoms with Crippen LogP contribution in [0.25, 0.3) is 16.0 Å². The molecule has 1 unspecified atom stereocenters. The number of unbranched alkanes of at least 4 members (excludes halogenated alkanes) is 2. The van der Waals surface area contributed by atoms with Crippen LogP contribution in [0.3, 0.4) is 0 Å². The van der Waals surface area contributed by atoms with Crippen LogP contribution in [0.5, 0.6) is 17.2 Å². The average molecular weight is 573 g/mol. The van der Waals surface area contributed by atoms with E-state index < -0.39 is 17.7 Å². The van der Waals surface area contributed by atoms with Crippen LogP contribution >= 0.6 is 11.3 Å². The molecule has 0 spiro atoms. The number of aromatic nitrogens is 1. The first-order chi connectivity index (χ1) is 19.9. The number of anilines is 1. The molecule has 1 atom stereocenters. The number of aliphatic hydroxyl groups excluding tert-OH is 1. The molecular weight excluding hydrogens is 540 g/mol. The van der Waals surface area contributed by atoms with E-state index in [1.54, 1.807) is 56.7 Å². The van der Waals surface area contributed by atoms with Gasteiger partial charge in [-0.3, -0.25) is 14.5 Å². The Hall–Kier alpha value is -4.37. The third-order valence-electron chi connectivity index (χ3n) is 7.07. The van der Waals surface area contributed by atoms with Crippen molar-refractivity contribution in [1.29, 1.82) is 0 Å². The summed E-state index contributed by atoms with van der Waals surface area (Å²) in [7, 11) is 3.12. The third kappa shape index (κ3) is 5.50. The molecule has 9 heteroatoms. The highest BCUT2D eigenvalue weighted by molar-refractivity contribution is 7.22. The van der Waals surface area contributed by atoms with Crippen molar-refractivity contribution in [2.45, 2.75) is 39.2 Å². The lowest BCUT2D eigenvalue weighted by molar-refractivity contribution is -0.132. The van der Waals surface area contributed by atoms with Crippen molar-refractivity contribution in [2.24, 2.45) is 0 Å². The molecular formula is C32H32N2O6S. The first kappa shape index (κ1) is 28.2. The molecule has 1 fully saturated rings. The van der Waals surface area contributed by atoms with Crippen LogP contribution in [-0.4, -0.2) is 42.6 Å². The Morgan fingerprint density at radius 1 is 0.976 bits per heavy atom. The van der Waals surface area contributed by atoms with Gasteiger partial charge in [-0.2, -0.15) is 0 Å². The Labute approximate surface area is 242 Å². The van der Waals surface area contributed by atoms with Crippen LogP contribution in [0, 0.1) is 6.92 Å². The summed E-state index contributed by atoms with van der Waals surface area (Å²) in [5.41, 5.74) is 2.67. The molecule has 4 aromatic rings. The van der Waals surface area contributed by atoms with Gasteiger partial charge in [0, 0.05) is 5.56 Å². The van der Waals surface area contributed by atoms with Gasteiger partial charge in [0.1, 0.15) is 11.5 Å². The SMILES string of the molecule is CCCCCOc1ccc(C2C(=C(O)c3ccc(C)cc3)C(=O)C(=O)N2c2nc3ccc(OC)cc3s2)cc1OC. The van der Waals surface area contributed by atoms with Crippen molar-refractivity contribution in [3.05, 3.63) is 82.9 Å². The summed E-state index contributed by atoms with van der Waals surface area (Å²) < 4.78 is 17.8. The number of aliphatic hydroxyl groups is 1. The number of rotatable bonds is 10. The standard InChI is InChI=1S/C32H32N2O6S/c1-5-6-7-16-40-24-15-12-21(17-25(24)39-4)28-27(29(35)20-10-8-19(2)9-11-20)30(36)31(37)34(28)32-33-23-14-13-22(38-3)18-26(23)41-32/h8-15,17-18,28,35H,5-7,16H2,1-4H3. The molecule has 41 heavy (non-hydrogen) atoms. The molecule has 8 nitrogen and oxygen atoms in total. The van der Waals surface area contributed by atoms with Crippen molar-refractivity contribution >= 4 is 44.1 Å². The Bertz CT molecular complexity index is 1630. The lowest BCUT2D eigenvalue weighted by Crippen LogP contribution is -2.29. The van der Waals surface area contributed by atoms with Gasteiger partial charge < -0.3 is 19.3 Å². The van der Waals surface area contributed by atoms with Gasteiger partial charge in [-0.25, -0.2) is 4.98 Å². The maximum Gasteiger partial charge on any atom is 0.301 e. The molecule has 0 bridgehead atoms. The summed E-state index contributed by atoms with van der Waals surface area (Å²) in [4.78, 5) is 33.3. The van der Waals surface area contributed by atoms with E-state index in [1.165, 1.54) is 16.2 Å². The van der Waals surface area contributed by atoms with Crippen LogP contribution in [-0.2, 0) is 9.59 Å². The quantitative estimate of drug-likeness (QED) is 0.0964. The van der Waals surface area contributed by atoms with Crippen molar-refractivity contribution in [2.75, 3.05) is 25.7 Å². The van der Waals surface area contributed by atoms with E-state index in [4.69, 9.17) is 14.2 Å². The number of amides is 1. The smallest absolute Gasteiger partial charge is 0.301 e. The Balaban J connectivity index is 1.65. The van der Waals surface area contributed by atoms with Gasteiger partial charge in [0.2, 0.25) is 0 Å². The summed E-state index contributed by atoms with van der Waals surface area (Å²) in [5, 5.41) is 11.8. The van der Waals surface area contributed by atoms with E-state index in [1.807, 2.05) is 25.1 Å². The number of Topliss-reactive ketones (excluding diaryl/α,β-unsaturated/α-hetero) is 1. The normalized spacial score (nSPS) is 16.4. The van der Waals surface area contributed by atoms with E-state index in [2.05, 4.69) is 11.9 Å². The zero-order valence-corrected chi connectivity index (χ0v) is 24.3. The molecule has 2 heterocycles. The number of carbonyl (C=O) groups is 2. The number of fused-ring (bicyclic) bond motifs is 1. The second kappa shape index (κ2) is 12.0. The number of thiazole rings is 1. The van der Waals surface area contributed by atoms with Crippen LogP contribution in [0.15, 0.2) is 66.2 Å². The van der Waals surface area contributed by atoms with Crippen molar-refractivity contribution in [1.82, 2.24) is 4.98 Å². The average Bonchev–Trinajstić information content (AvgIpc) is 3.52. The number of nitrogens with zero attached hydrogens (tertiary/aromatic N) is 2. The molecule has 1 saturated heterocycles. The van der Waals surface area contributed by atoms with E-state index in [-0.39, 0.29) is 11.3 Å². The predicted octanol–water partition coefficient (Wildman–Crippen LogP) is 6.82. The summed E-state index contributed by atoms with van der Waals surface area (Å²) >= 11 is 1.27. The highest BCUT2D eigenvalue weighted by atomic mass is 32.1. The van der Waals surface area contributed by atoms with E-state index >= 15 is 0 Å². The summed E-state index contributed by atoms with van der Waals surface area (Å²) in [6.07, 6.45) is 3.06. The minimum atomic E-state index is -0.943. The van der Waals surface area contributed by atoms with Gasteiger partial charge in [0.05, 0.1) is 42.7 Å². The fraction of sp³-hybridized carbons (Fsp3) is 0.281. The molecule has 1 aromatic heterocycles. The first-order valence-electron chi connectivity index (χ1n) is 13.5. The molecule has 0 aliphatic carbocycles. The summed E-state index contributed by atoms with van der Waals surface area (Å²) in [6, 6.07) is 16.9. The Kier molecular flexibility index (Phi) is 8.26. The lowest BCUT2D eigenvalue weighted by atomic mass is 9.95. The molecule has 1 aliphatic heterocycles. The predicted molar refractivity (Wildman–Crippen MR) is 160 cm³/mol. The molecule has 0 saturated carbocycles. The maximum atomic E-state index is 13.6. The number of ketones is 1. The summed E-state index contributed by atoms with van der Waals surface area (Å²) in [5.74, 6) is -0.122. The van der Waals surface area contributed by atoms with Crippen molar-refractivity contribution < 1.29 is 28.9 Å². The Morgan fingerprint density at radius 3 is 2.46 bits per heavy atom. The number of benzene rings is 3. The largest absolute Gasteiger partial charge is 0.507 e. The minimum absolute atomic E-state index is 0.0191. The second-order valence-electron chi connectivity index (χ2n) is 9.83. The number of hydrogen-bond donors (Lipinski definition) is 1. The number of hydrogen-bond acceptors (Lipinski definition) is 8. The molecule has 1 N–H and O–H groups in total. The second-order valence-corrected chi connectivity index (χ2v) is 10.8. The number of carbonyl (C=O) groups excluding carboxylic acids is 2. The van der Waals surface area contributed by atoms with Gasteiger partial charge in [-0.1, -0.05) is 67.0 Å². The van der Waals surface area contributed by atoms with Crippen molar-refractivity contribution in [3.63, 3.8) is 0 Å². The van der Waals surface area contributed by atoms with E-state index in [9.17, 15) is 14.7 Å². The summed E-state index contributed by atoms with van der Waals surface area (Å²) in [6.45, 7) is 4.61. The number of ether oxygens (including phenoxy) is 3. The third-order valence-corrected chi connectivity index (χ3v) is 8.09. The topological polar surface area (TPSA) is 98.2 Å². The molecule has 212 valence electrons. The van der Waals surface area contributed by atoms with E-state index in [0.29, 0.717) is 45.6 Å². The van der Waals surface area contributed by atoms with Gasteiger partial charge in [0.15, 0.2) is 16.6 Å². The lowest BCUT2D eigenvalue weighted by Gasteiger charge is -2.24.